The van der Waals surface area contributed by atoms with Gasteiger partial charge < -0.3 is 13.9 Å². The van der Waals surface area contributed by atoms with Crippen LogP contribution in [-0.4, -0.2) is 39.5 Å². The molecule has 0 N–H and O–H groups in total. The molecule has 0 aromatic rings. The summed E-state index contributed by atoms with van der Waals surface area (Å²) >= 11 is 0. The second-order valence-electron chi connectivity index (χ2n) is 6.41. The second kappa shape index (κ2) is 4.50. The predicted octanol–water partition coefficient (Wildman–Crippen LogP) is 2.81. The Morgan fingerprint density at radius 1 is 1.39 bits per heavy atom. The first kappa shape index (κ1) is 13.8. The molecule has 4 atom stereocenters. The van der Waals surface area contributed by atoms with E-state index in [2.05, 4.69) is 43.9 Å². The van der Waals surface area contributed by atoms with Crippen molar-refractivity contribution in [3.05, 3.63) is 10.4 Å². The highest BCUT2D eigenvalue weighted by molar-refractivity contribution is 6.74. The molecule has 18 heavy (non-hydrogen) atoms. The number of rotatable bonds is 3. The van der Waals surface area contributed by atoms with Gasteiger partial charge in [-0.1, -0.05) is 25.9 Å². The van der Waals surface area contributed by atoms with Crippen molar-refractivity contribution in [1.29, 1.82) is 0 Å². The molecule has 0 aromatic heterocycles. The van der Waals surface area contributed by atoms with Gasteiger partial charge in [0.25, 0.3) is 0 Å². The monoisotopic (exact) mass is 271 g/mol. The lowest BCUT2D eigenvalue weighted by molar-refractivity contribution is -0.0885. The average molecular weight is 271 g/mol. The summed E-state index contributed by atoms with van der Waals surface area (Å²) in [6.07, 6.45) is -0.791. The van der Waals surface area contributed by atoms with Crippen LogP contribution in [0.2, 0.25) is 18.1 Å². The van der Waals surface area contributed by atoms with Gasteiger partial charge in [0, 0.05) is 4.91 Å². The summed E-state index contributed by atoms with van der Waals surface area (Å²) in [6, 6.07) is -0.261. The van der Waals surface area contributed by atoms with E-state index in [4.69, 9.17) is 19.4 Å². The second-order valence-corrected chi connectivity index (χ2v) is 11.2. The maximum atomic E-state index is 8.65. The Morgan fingerprint density at radius 3 is 2.61 bits per heavy atom. The van der Waals surface area contributed by atoms with E-state index < -0.39 is 8.32 Å². The number of azide groups is 1. The van der Waals surface area contributed by atoms with Crippen LogP contribution in [0.15, 0.2) is 5.11 Å². The standard InChI is InChI=1S/C11H21N3O3Si/c1-11(2,3)18(4,5)17-9-8(13-14-12)7-6-15-10(9)16-7/h7-10H,6H2,1-5H3/t7-,8-,9-,10-/m1/s1. The highest BCUT2D eigenvalue weighted by Gasteiger charge is 2.54. The molecule has 2 heterocycles. The van der Waals surface area contributed by atoms with E-state index in [0.717, 1.165) is 0 Å². The van der Waals surface area contributed by atoms with Gasteiger partial charge in [-0.05, 0) is 23.7 Å². The molecular formula is C11H21N3O3Si. The molecule has 0 saturated carbocycles. The van der Waals surface area contributed by atoms with Crippen LogP contribution in [0.3, 0.4) is 0 Å². The number of ether oxygens (including phenoxy) is 2. The van der Waals surface area contributed by atoms with Crippen LogP contribution in [0.4, 0.5) is 0 Å². The van der Waals surface area contributed by atoms with Gasteiger partial charge in [-0.3, -0.25) is 0 Å². The Labute approximate surface area is 108 Å². The highest BCUT2D eigenvalue weighted by atomic mass is 28.4. The third-order valence-electron chi connectivity index (χ3n) is 4.14. The van der Waals surface area contributed by atoms with Crippen molar-refractivity contribution >= 4 is 8.32 Å². The zero-order valence-corrected chi connectivity index (χ0v) is 12.6. The van der Waals surface area contributed by atoms with E-state index in [9.17, 15) is 0 Å². The summed E-state index contributed by atoms with van der Waals surface area (Å²) < 4.78 is 17.4. The molecule has 0 aromatic carbocycles. The summed E-state index contributed by atoms with van der Waals surface area (Å²) in [5.74, 6) is 0. The van der Waals surface area contributed by atoms with Gasteiger partial charge in [-0.2, -0.15) is 0 Å². The van der Waals surface area contributed by atoms with Gasteiger partial charge in [0.15, 0.2) is 14.6 Å². The minimum atomic E-state index is -1.92. The Balaban J connectivity index is 2.15. The fraction of sp³-hybridized carbons (Fsp3) is 1.00. The van der Waals surface area contributed by atoms with Crippen LogP contribution >= 0.6 is 0 Å². The third-order valence-corrected chi connectivity index (χ3v) is 8.62. The molecule has 2 saturated heterocycles. The molecular weight excluding hydrogens is 250 g/mol. The lowest BCUT2D eigenvalue weighted by Crippen LogP contribution is -2.51. The first-order chi connectivity index (χ1) is 8.26. The molecule has 7 heteroatoms. The molecule has 2 aliphatic heterocycles. The van der Waals surface area contributed by atoms with Gasteiger partial charge in [0.2, 0.25) is 0 Å². The molecule has 2 rings (SSSR count). The van der Waals surface area contributed by atoms with Crippen LogP contribution in [-0.2, 0) is 13.9 Å². The molecule has 2 fully saturated rings. The molecule has 0 radical (unpaired) electrons. The molecule has 2 aliphatic rings. The summed E-state index contributed by atoms with van der Waals surface area (Å²) in [5, 5.41) is 3.93. The quantitative estimate of drug-likeness (QED) is 0.343. The van der Waals surface area contributed by atoms with Crippen molar-refractivity contribution < 1.29 is 13.9 Å². The fourth-order valence-corrected chi connectivity index (χ4v) is 3.29. The van der Waals surface area contributed by atoms with Crippen LogP contribution in [0.25, 0.3) is 10.4 Å². The third kappa shape index (κ3) is 2.29. The van der Waals surface area contributed by atoms with E-state index in [1.807, 2.05) is 0 Å². The summed E-state index contributed by atoms with van der Waals surface area (Å²) in [5.41, 5.74) is 8.65. The van der Waals surface area contributed by atoms with Crippen LogP contribution in [0.1, 0.15) is 20.8 Å². The van der Waals surface area contributed by atoms with Crippen molar-refractivity contribution in [1.82, 2.24) is 0 Å². The van der Waals surface area contributed by atoms with Gasteiger partial charge in [-0.15, -0.1) is 0 Å². The average Bonchev–Trinajstić information content (AvgIpc) is 2.79. The van der Waals surface area contributed by atoms with Crippen molar-refractivity contribution in [3.63, 3.8) is 0 Å². The lowest BCUT2D eigenvalue weighted by atomic mass is 10.1. The van der Waals surface area contributed by atoms with Gasteiger partial charge in [0.1, 0.15) is 6.10 Å². The van der Waals surface area contributed by atoms with Crippen LogP contribution in [0.5, 0.6) is 0 Å². The number of hydrogen-bond donors (Lipinski definition) is 0. The van der Waals surface area contributed by atoms with E-state index in [1.165, 1.54) is 0 Å². The first-order valence-electron chi connectivity index (χ1n) is 6.25. The van der Waals surface area contributed by atoms with Crippen molar-refractivity contribution in [2.45, 2.75) is 63.4 Å². The molecule has 0 spiro atoms. The molecule has 6 nitrogen and oxygen atoms in total. The molecule has 0 amide bonds. The zero-order chi connectivity index (χ0) is 13.6. The molecule has 2 bridgehead atoms. The van der Waals surface area contributed by atoms with E-state index >= 15 is 0 Å². The topological polar surface area (TPSA) is 76.5 Å². The number of nitrogens with zero attached hydrogens (tertiary/aromatic N) is 3. The van der Waals surface area contributed by atoms with E-state index in [0.29, 0.717) is 6.61 Å². The lowest BCUT2D eigenvalue weighted by Gasteiger charge is -2.40. The largest absolute Gasteiger partial charge is 0.408 e. The van der Waals surface area contributed by atoms with Crippen molar-refractivity contribution in [3.8, 4) is 0 Å². The van der Waals surface area contributed by atoms with E-state index in [-0.39, 0.29) is 29.6 Å². The maximum Gasteiger partial charge on any atom is 0.192 e. The van der Waals surface area contributed by atoms with Crippen molar-refractivity contribution in [2.75, 3.05) is 6.61 Å². The smallest absolute Gasteiger partial charge is 0.192 e. The maximum absolute atomic E-state index is 8.65. The SMILES string of the molecule is CC(C)(C)[Si](C)(C)O[C@H]1[C@@H]2OC[C@@H](O2)[C@H]1N=[N+]=[N-]. The summed E-state index contributed by atoms with van der Waals surface area (Å²) in [7, 11) is -1.92. The first-order valence-corrected chi connectivity index (χ1v) is 9.16. The van der Waals surface area contributed by atoms with Crippen LogP contribution < -0.4 is 0 Å². The molecule has 102 valence electrons. The number of fused-ring (bicyclic) bond motifs is 2. The van der Waals surface area contributed by atoms with Crippen molar-refractivity contribution in [2.24, 2.45) is 5.11 Å². The fourth-order valence-electron chi connectivity index (χ4n) is 2.01. The zero-order valence-electron chi connectivity index (χ0n) is 11.6. The Kier molecular flexibility index (Phi) is 3.46. The Hall–Kier alpha value is -0.593. The molecule has 0 aliphatic carbocycles. The summed E-state index contributed by atoms with van der Waals surface area (Å²) in [6.45, 7) is 11.4. The Bertz CT molecular complexity index is 376. The van der Waals surface area contributed by atoms with E-state index in [1.54, 1.807) is 0 Å². The van der Waals surface area contributed by atoms with Gasteiger partial charge >= 0.3 is 0 Å². The minimum Gasteiger partial charge on any atom is -0.408 e. The van der Waals surface area contributed by atoms with Gasteiger partial charge in [0.05, 0.1) is 18.8 Å². The highest BCUT2D eigenvalue weighted by Crippen LogP contribution is 2.42. The summed E-state index contributed by atoms with van der Waals surface area (Å²) in [4.78, 5) is 2.90. The number of hydrogen-bond acceptors (Lipinski definition) is 4. The predicted molar refractivity (Wildman–Crippen MR) is 69.6 cm³/mol. The normalized spacial score (nSPS) is 35.6. The van der Waals surface area contributed by atoms with Crippen LogP contribution in [0, 0.1) is 0 Å². The van der Waals surface area contributed by atoms with Gasteiger partial charge in [-0.25, -0.2) is 0 Å². The Morgan fingerprint density at radius 2 is 2.06 bits per heavy atom. The molecule has 0 unspecified atom stereocenters. The minimum absolute atomic E-state index is 0.107.